The third kappa shape index (κ3) is 1.53. The standard InChI is InChI=1S/C10H10NO2.Pb/c1-11-9-4-3-8(13-2)5-7(9)6-10(11)12;/h3-5H,1,6H2,2H3;. The summed E-state index contributed by atoms with van der Waals surface area (Å²) < 4.78 is 6.00. The fourth-order valence-corrected chi connectivity index (χ4v) is 3.01. The van der Waals surface area contributed by atoms with E-state index in [2.05, 4.69) is 0 Å². The van der Waals surface area contributed by atoms with Crippen LogP contribution in [0.4, 0.5) is 5.69 Å². The van der Waals surface area contributed by atoms with Gasteiger partial charge < -0.3 is 0 Å². The van der Waals surface area contributed by atoms with E-state index in [1.807, 2.05) is 23.1 Å². The van der Waals surface area contributed by atoms with Crippen molar-refractivity contribution in [3.63, 3.8) is 0 Å². The molecule has 0 N–H and O–H groups in total. The Labute approximate surface area is 98.7 Å². The van der Waals surface area contributed by atoms with Crippen LogP contribution in [0, 0.1) is 0 Å². The van der Waals surface area contributed by atoms with E-state index in [0.29, 0.717) is 6.42 Å². The number of hydrogen-bond donors (Lipinski definition) is 0. The van der Waals surface area contributed by atoms with E-state index in [9.17, 15) is 4.79 Å². The molecule has 0 atom stereocenters. The number of carbonyl (C=O) groups is 1. The van der Waals surface area contributed by atoms with Crippen LogP contribution < -0.4 is 9.64 Å². The first-order chi connectivity index (χ1) is 6.76. The number of benzene rings is 1. The number of amides is 1. The molecule has 0 aliphatic carbocycles. The molecule has 71 valence electrons. The van der Waals surface area contributed by atoms with Crippen molar-refractivity contribution in [2.24, 2.45) is 0 Å². The van der Waals surface area contributed by atoms with Crippen LogP contribution in [0.1, 0.15) is 5.56 Å². The number of methoxy groups -OCH3 is 1. The Morgan fingerprint density at radius 1 is 1.57 bits per heavy atom. The number of rotatable bonds is 2. The molecule has 0 saturated heterocycles. The van der Waals surface area contributed by atoms with Crippen LogP contribution in [0.2, 0.25) is 0 Å². The zero-order valence-corrected chi connectivity index (χ0v) is 11.8. The molecule has 2 rings (SSSR count). The van der Waals surface area contributed by atoms with Crippen molar-refractivity contribution in [1.29, 1.82) is 0 Å². The minimum absolute atomic E-state index is 0.211. The zero-order valence-electron chi connectivity index (χ0n) is 7.91. The predicted molar refractivity (Wildman–Crippen MR) is 54.8 cm³/mol. The van der Waals surface area contributed by atoms with Crippen LogP contribution in [0.3, 0.4) is 0 Å². The molecule has 3 radical (unpaired) electrons. The second-order valence-electron chi connectivity index (χ2n) is 3.15. The molecule has 1 aromatic carbocycles. The Bertz CT molecular complexity index is 378. The van der Waals surface area contributed by atoms with E-state index >= 15 is 0 Å². The zero-order chi connectivity index (χ0) is 10.1. The summed E-state index contributed by atoms with van der Waals surface area (Å²) >= 11 is 1.01. The first-order valence-electron chi connectivity index (χ1n) is 4.38. The van der Waals surface area contributed by atoms with Crippen LogP contribution in [0.15, 0.2) is 18.2 Å². The third-order valence-corrected chi connectivity index (χ3v) is 3.61. The molecule has 1 aliphatic rings. The summed E-state index contributed by atoms with van der Waals surface area (Å²) in [5.41, 5.74) is 2.15. The van der Waals surface area contributed by atoms with Gasteiger partial charge in [0.1, 0.15) is 0 Å². The van der Waals surface area contributed by atoms with Gasteiger partial charge in [-0.3, -0.25) is 0 Å². The number of fused-ring (bicyclic) bond motifs is 1. The topological polar surface area (TPSA) is 29.5 Å². The molecule has 1 aliphatic heterocycles. The van der Waals surface area contributed by atoms with Crippen molar-refractivity contribution >= 4 is 37.4 Å². The summed E-state index contributed by atoms with van der Waals surface area (Å²) in [5, 5.41) is 0. The van der Waals surface area contributed by atoms with Crippen molar-refractivity contribution in [1.82, 2.24) is 0 Å². The van der Waals surface area contributed by atoms with Gasteiger partial charge in [-0.25, -0.2) is 0 Å². The van der Waals surface area contributed by atoms with Crippen molar-refractivity contribution in [2.75, 3.05) is 16.1 Å². The summed E-state index contributed by atoms with van der Waals surface area (Å²) in [6.45, 7) is 0. The Morgan fingerprint density at radius 3 is 3.00 bits per heavy atom. The Hall–Kier alpha value is -0.588. The third-order valence-electron chi connectivity index (χ3n) is 2.38. The van der Waals surface area contributed by atoms with Crippen molar-refractivity contribution in [3.8, 4) is 5.75 Å². The first-order valence-corrected chi connectivity index (χ1v) is 7.13. The van der Waals surface area contributed by atoms with Crippen molar-refractivity contribution in [2.45, 2.75) is 6.42 Å². The van der Waals surface area contributed by atoms with Gasteiger partial charge in [0.2, 0.25) is 0 Å². The summed E-state index contributed by atoms with van der Waals surface area (Å²) in [5.74, 6) is 1.04. The maximum absolute atomic E-state index is 11.6. The average molecular weight is 383 g/mol. The molecule has 1 amide bonds. The summed E-state index contributed by atoms with van der Waals surface area (Å²) in [6, 6.07) is 5.82. The molecular formula is C10H10NO2Pb. The van der Waals surface area contributed by atoms with Crippen LogP contribution in [-0.4, -0.2) is 42.9 Å². The van der Waals surface area contributed by atoms with Gasteiger partial charge in [-0.1, -0.05) is 0 Å². The molecule has 1 heterocycles. The normalized spacial score (nSPS) is 14.4. The van der Waals surface area contributed by atoms with Gasteiger partial charge in [-0.05, 0) is 0 Å². The number of carbonyl (C=O) groups excluding carboxylic acids is 1. The molecule has 3 nitrogen and oxygen atoms in total. The molecular weight excluding hydrogens is 373 g/mol. The van der Waals surface area contributed by atoms with Crippen molar-refractivity contribution in [3.05, 3.63) is 23.8 Å². The van der Waals surface area contributed by atoms with E-state index < -0.39 is 0 Å². The van der Waals surface area contributed by atoms with Crippen molar-refractivity contribution < 1.29 is 9.53 Å². The predicted octanol–water partition coefficient (Wildman–Crippen LogP) is 0.710. The van der Waals surface area contributed by atoms with Gasteiger partial charge in [0.15, 0.2) is 0 Å². The van der Waals surface area contributed by atoms with E-state index in [1.54, 1.807) is 7.11 Å². The van der Waals surface area contributed by atoms with Crippen LogP contribution >= 0.6 is 0 Å². The summed E-state index contributed by atoms with van der Waals surface area (Å²) in [6.07, 6.45) is 0.523. The van der Waals surface area contributed by atoms with Crippen LogP contribution in [0.5, 0.6) is 5.75 Å². The number of hydrogen-bond acceptors (Lipinski definition) is 2. The Balaban J connectivity index is 2.42. The first kappa shape index (κ1) is 9.95. The maximum atomic E-state index is 11.6. The van der Waals surface area contributed by atoms with Gasteiger partial charge in [0.25, 0.3) is 0 Å². The van der Waals surface area contributed by atoms with Gasteiger partial charge in [-0.2, -0.15) is 0 Å². The second-order valence-corrected chi connectivity index (χ2v) is 4.38. The Morgan fingerprint density at radius 2 is 2.36 bits per heavy atom. The molecule has 0 aromatic heterocycles. The fourth-order valence-electron chi connectivity index (χ4n) is 1.66. The number of ether oxygens (including phenoxy) is 1. The second kappa shape index (κ2) is 3.88. The van der Waals surface area contributed by atoms with Gasteiger partial charge in [-0.15, -0.1) is 0 Å². The molecule has 0 spiro atoms. The minimum atomic E-state index is 0.211. The molecule has 14 heavy (non-hydrogen) atoms. The Kier molecular flexibility index (Phi) is 2.76. The van der Waals surface area contributed by atoms with Gasteiger partial charge in [0, 0.05) is 0 Å². The van der Waals surface area contributed by atoms with E-state index in [1.165, 1.54) is 0 Å². The number of anilines is 1. The molecule has 0 saturated carbocycles. The van der Waals surface area contributed by atoms with E-state index in [4.69, 9.17) is 4.74 Å². The van der Waals surface area contributed by atoms with Crippen LogP contribution in [0.25, 0.3) is 0 Å². The molecule has 0 fully saturated rings. The van der Waals surface area contributed by atoms with Gasteiger partial charge >= 0.3 is 98.9 Å². The quantitative estimate of drug-likeness (QED) is 0.705. The monoisotopic (exact) mass is 384 g/mol. The number of nitrogens with zero attached hydrogens (tertiary/aromatic N) is 1. The fraction of sp³-hybridized carbons (Fsp3) is 0.300. The molecule has 1 aromatic rings. The molecule has 4 heteroatoms. The molecule has 0 bridgehead atoms. The summed E-state index contributed by atoms with van der Waals surface area (Å²) in [4.78, 5) is 13.4. The van der Waals surface area contributed by atoms with E-state index in [0.717, 1.165) is 46.9 Å². The SMILES string of the molecule is COc1ccc2c(c1)CC(=O)N2[CH2][Pb]. The average Bonchev–Trinajstić information content (AvgIpc) is 2.51. The summed E-state index contributed by atoms with van der Waals surface area (Å²) in [7, 11) is 1.64. The molecule has 0 unspecified atom stereocenters. The van der Waals surface area contributed by atoms with Gasteiger partial charge in [0.05, 0.1) is 0 Å². The van der Waals surface area contributed by atoms with Crippen LogP contribution in [-0.2, 0) is 11.2 Å². The van der Waals surface area contributed by atoms with E-state index in [-0.39, 0.29) is 5.91 Å².